The number of thiol groups is 1. The van der Waals surface area contributed by atoms with Crippen LogP contribution < -0.4 is 0 Å². The highest BCUT2D eigenvalue weighted by Gasteiger charge is 1.90. The first-order valence-electron chi connectivity index (χ1n) is 6.96. The maximum Gasteiger partial charge on any atom is 0.341 e. The van der Waals surface area contributed by atoms with Crippen molar-refractivity contribution >= 4 is 36.9 Å². The van der Waals surface area contributed by atoms with Gasteiger partial charge in [-0.1, -0.05) is 62.7 Å². The van der Waals surface area contributed by atoms with Gasteiger partial charge in [0.15, 0.2) is 0 Å². The van der Waals surface area contributed by atoms with Crippen molar-refractivity contribution in [2.75, 3.05) is 0 Å². The van der Waals surface area contributed by atoms with Crippen molar-refractivity contribution in [1.82, 2.24) is 0 Å². The molecule has 0 spiro atoms. The molecule has 1 rings (SSSR count). The van der Waals surface area contributed by atoms with Crippen molar-refractivity contribution in [3.63, 3.8) is 0 Å². The molecule has 0 aromatic heterocycles. The number of hydrogen-bond acceptors (Lipinski definition) is 5. The van der Waals surface area contributed by atoms with Gasteiger partial charge in [0.05, 0.1) is 0 Å². The van der Waals surface area contributed by atoms with Crippen molar-refractivity contribution in [2.45, 2.75) is 13.8 Å². The molecule has 0 heterocycles. The van der Waals surface area contributed by atoms with Gasteiger partial charge in [-0.15, -0.1) is 0 Å². The zero-order valence-electron chi connectivity index (χ0n) is 14.8. The summed E-state index contributed by atoms with van der Waals surface area (Å²) in [5.41, 5.74) is 1.53. The largest absolute Gasteiger partial charge is 0.478 e. The van der Waals surface area contributed by atoms with Crippen molar-refractivity contribution in [1.29, 1.82) is 0 Å². The highest BCUT2D eigenvalue weighted by atomic mass is 32.1. The summed E-state index contributed by atoms with van der Waals surface area (Å²) in [5, 5.41) is 15.8. The predicted octanol–water partition coefficient (Wildman–Crippen LogP) is 4.18. The number of carboxylic acid groups (broad SMARTS) is 2. The molecule has 7 heteroatoms. The topological polar surface area (TPSA) is 101 Å². The van der Waals surface area contributed by atoms with E-state index in [1.807, 2.05) is 36.4 Å². The molecular weight excluding hydrogens is 356 g/mol. The van der Waals surface area contributed by atoms with Gasteiger partial charge in [0.1, 0.15) is 0 Å². The fraction of sp³-hybridized carbons (Fsp3) is 0.105. The second-order valence-electron chi connectivity index (χ2n) is 4.40. The normalized spacial score (nSPS) is 7.65. The Kier molecular flexibility index (Phi) is 19.5. The molecule has 6 nitrogen and oxygen atoms in total. The molecule has 0 fully saturated rings. The standard InChI is InChI=1S/C8H8.2C4H6O2.C3H4O2S/c1-2-8-6-4-3-5-7-8;2*1-3(2)4(5)6;1-2-3(4)5-6/h2-7H,1H2;2*1H2,2H3,(H,5,6);2,6H,1H2. The molecule has 0 saturated carbocycles. The van der Waals surface area contributed by atoms with Crippen LogP contribution in [0.15, 0.2) is 73.9 Å². The second kappa shape index (κ2) is 18.3. The van der Waals surface area contributed by atoms with Crippen LogP contribution in [0.5, 0.6) is 0 Å². The molecule has 0 aliphatic carbocycles. The molecule has 26 heavy (non-hydrogen) atoms. The third-order valence-corrected chi connectivity index (χ3v) is 2.20. The van der Waals surface area contributed by atoms with Crippen LogP contribution in [-0.4, -0.2) is 28.1 Å². The first-order chi connectivity index (χ1) is 12.0. The van der Waals surface area contributed by atoms with E-state index in [1.54, 1.807) is 0 Å². The van der Waals surface area contributed by atoms with Gasteiger partial charge in [-0.2, -0.15) is 0 Å². The van der Waals surface area contributed by atoms with Crippen molar-refractivity contribution < 1.29 is 28.8 Å². The van der Waals surface area contributed by atoms with Gasteiger partial charge in [0, 0.05) is 30.1 Å². The fourth-order valence-corrected chi connectivity index (χ4v) is 0.701. The molecular formula is C19H24O6S. The lowest BCUT2D eigenvalue weighted by Crippen LogP contribution is -1.92. The Bertz CT molecular complexity index is 569. The Morgan fingerprint density at radius 2 is 1.31 bits per heavy atom. The van der Waals surface area contributed by atoms with Crippen LogP contribution in [0.4, 0.5) is 0 Å². The summed E-state index contributed by atoms with van der Waals surface area (Å²) in [6.45, 7) is 15.9. The first kappa shape index (κ1) is 27.8. The average Bonchev–Trinajstić information content (AvgIpc) is 2.63. The van der Waals surface area contributed by atoms with Crippen LogP contribution in [-0.2, 0) is 18.6 Å². The molecule has 1 aromatic rings. The monoisotopic (exact) mass is 380 g/mol. The third kappa shape index (κ3) is 23.2. The summed E-state index contributed by atoms with van der Waals surface area (Å²) in [6, 6.07) is 10.0. The smallest absolute Gasteiger partial charge is 0.341 e. The van der Waals surface area contributed by atoms with Gasteiger partial charge in [-0.25, -0.2) is 14.4 Å². The Labute approximate surface area is 159 Å². The Morgan fingerprint density at radius 3 is 1.42 bits per heavy atom. The van der Waals surface area contributed by atoms with E-state index in [0.29, 0.717) is 0 Å². The SMILES string of the molecule is C=C(C)C(=O)O.C=C(C)C(=O)O.C=CC(=O)OS.C=Cc1ccccc1. The second-order valence-corrected chi connectivity index (χ2v) is 4.58. The molecule has 1 aromatic carbocycles. The van der Waals surface area contributed by atoms with E-state index in [0.717, 1.165) is 6.08 Å². The quantitative estimate of drug-likeness (QED) is 0.411. The number of rotatable bonds is 4. The van der Waals surface area contributed by atoms with E-state index in [1.165, 1.54) is 19.4 Å². The molecule has 0 unspecified atom stereocenters. The minimum absolute atomic E-state index is 0.176. The highest BCUT2D eigenvalue weighted by molar-refractivity contribution is 7.75. The average molecular weight is 380 g/mol. The summed E-state index contributed by atoms with van der Waals surface area (Å²) in [6.07, 6.45) is 2.87. The summed E-state index contributed by atoms with van der Waals surface area (Å²) in [7, 11) is 0. The van der Waals surface area contributed by atoms with Gasteiger partial charge in [-0.3, -0.25) is 0 Å². The summed E-state index contributed by atoms with van der Waals surface area (Å²) in [4.78, 5) is 29.0. The zero-order valence-corrected chi connectivity index (χ0v) is 15.7. The summed E-state index contributed by atoms with van der Waals surface area (Å²) in [5.74, 6) is -2.40. The lowest BCUT2D eigenvalue weighted by Gasteiger charge is -1.85. The molecule has 0 atom stereocenters. The molecule has 0 bridgehead atoms. The van der Waals surface area contributed by atoms with E-state index in [2.05, 4.69) is 43.4 Å². The van der Waals surface area contributed by atoms with E-state index in [-0.39, 0.29) is 11.1 Å². The Hall–Kier alpha value is -3.06. The number of aliphatic carboxylic acids is 2. The molecule has 142 valence electrons. The predicted molar refractivity (Wildman–Crippen MR) is 107 cm³/mol. The van der Waals surface area contributed by atoms with Gasteiger partial charge in [-0.05, 0) is 19.4 Å². The van der Waals surface area contributed by atoms with Crippen LogP contribution >= 0.6 is 12.9 Å². The third-order valence-electron chi connectivity index (χ3n) is 2.02. The van der Waals surface area contributed by atoms with E-state index in [9.17, 15) is 14.4 Å². The number of carbonyl (C=O) groups excluding carboxylic acids is 1. The fourth-order valence-electron chi connectivity index (χ4n) is 0.626. The zero-order chi connectivity index (χ0) is 21.1. The lowest BCUT2D eigenvalue weighted by atomic mass is 10.2. The van der Waals surface area contributed by atoms with Gasteiger partial charge in [0.25, 0.3) is 0 Å². The number of carboxylic acids is 2. The van der Waals surface area contributed by atoms with Crippen molar-refractivity contribution in [3.05, 3.63) is 79.4 Å². The van der Waals surface area contributed by atoms with Crippen molar-refractivity contribution in [2.24, 2.45) is 0 Å². The van der Waals surface area contributed by atoms with E-state index in [4.69, 9.17) is 10.2 Å². The van der Waals surface area contributed by atoms with Crippen LogP contribution in [0.25, 0.3) is 6.08 Å². The molecule has 2 N–H and O–H groups in total. The van der Waals surface area contributed by atoms with E-state index < -0.39 is 17.9 Å². The summed E-state index contributed by atoms with van der Waals surface area (Å²) >= 11 is 3.17. The lowest BCUT2D eigenvalue weighted by molar-refractivity contribution is -0.133. The Balaban J connectivity index is -0.000000275. The molecule has 0 radical (unpaired) electrons. The minimum atomic E-state index is -0.935. The van der Waals surface area contributed by atoms with Crippen LogP contribution in [0.2, 0.25) is 0 Å². The first-order valence-corrected chi connectivity index (χ1v) is 7.32. The van der Waals surface area contributed by atoms with Crippen LogP contribution in [0, 0.1) is 0 Å². The highest BCUT2D eigenvalue weighted by Crippen LogP contribution is 1.97. The molecule has 0 amide bonds. The Morgan fingerprint density at radius 1 is 0.962 bits per heavy atom. The molecule has 0 saturated heterocycles. The van der Waals surface area contributed by atoms with Crippen molar-refractivity contribution in [3.8, 4) is 0 Å². The van der Waals surface area contributed by atoms with Crippen LogP contribution in [0.1, 0.15) is 19.4 Å². The minimum Gasteiger partial charge on any atom is -0.478 e. The van der Waals surface area contributed by atoms with Gasteiger partial charge >= 0.3 is 17.9 Å². The van der Waals surface area contributed by atoms with E-state index >= 15 is 0 Å². The maximum absolute atomic E-state index is 9.76. The molecule has 0 aliphatic rings. The summed E-state index contributed by atoms with van der Waals surface area (Å²) < 4.78 is 3.84. The number of hydrogen-bond donors (Lipinski definition) is 3. The number of carbonyl (C=O) groups is 3. The van der Waals surface area contributed by atoms with Gasteiger partial charge in [0.2, 0.25) is 0 Å². The van der Waals surface area contributed by atoms with Crippen LogP contribution in [0.3, 0.4) is 0 Å². The number of benzene rings is 1. The maximum atomic E-state index is 9.76. The molecule has 0 aliphatic heterocycles. The van der Waals surface area contributed by atoms with Gasteiger partial charge < -0.3 is 14.4 Å².